The highest BCUT2D eigenvalue weighted by Gasteiger charge is 2.25. The third kappa shape index (κ3) is 10.4. The Morgan fingerprint density at radius 3 is 2.28 bits per heavy atom. The minimum absolute atomic E-state index is 0.0798. The summed E-state index contributed by atoms with van der Waals surface area (Å²) in [6, 6.07) is 7.48. The van der Waals surface area contributed by atoms with Crippen LogP contribution in [0.25, 0.3) is 0 Å². The summed E-state index contributed by atoms with van der Waals surface area (Å²) in [4.78, 5) is 27.2. The van der Waals surface area contributed by atoms with Crippen LogP contribution in [0.4, 0.5) is 13.6 Å². The molecule has 3 rings (SSSR count). The van der Waals surface area contributed by atoms with Crippen molar-refractivity contribution in [1.82, 2.24) is 23.9 Å². The molecule has 1 aliphatic rings. The number of hydroxylamine groups is 1. The highest BCUT2D eigenvalue weighted by molar-refractivity contribution is 7.83. The van der Waals surface area contributed by atoms with Gasteiger partial charge < -0.3 is 14.4 Å². The molecule has 238 valence electrons. The van der Waals surface area contributed by atoms with Gasteiger partial charge in [-0.05, 0) is 50.4 Å². The first-order valence-corrected chi connectivity index (χ1v) is 16.0. The van der Waals surface area contributed by atoms with Gasteiger partial charge in [0.15, 0.2) is 17.4 Å². The molecule has 0 radical (unpaired) electrons. The van der Waals surface area contributed by atoms with E-state index in [9.17, 15) is 26.8 Å². The molecule has 2 aromatic carbocycles. The molecule has 0 bridgehead atoms. The monoisotopic (exact) mass is 665 g/mol. The summed E-state index contributed by atoms with van der Waals surface area (Å²) in [7, 11) is -2.09. The van der Waals surface area contributed by atoms with Crippen molar-refractivity contribution in [1.29, 1.82) is 0 Å². The number of piperazine rings is 1. The quantitative estimate of drug-likeness (QED) is 0.233. The van der Waals surface area contributed by atoms with Gasteiger partial charge in [0.05, 0.1) is 34.8 Å². The predicted octanol–water partition coefficient (Wildman–Crippen LogP) is 2.61. The lowest BCUT2D eigenvalue weighted by molar-refractivity contribution is -0.129. The summed E-state index contributed by atoms with van der Waals surface area (Å²) in [5, 5.41) is 9.40. The second-order valence-electron chi connectivity index (χ2n) is 9.32. The van der Waals surface area contributed by atoms with Gasteiger partial charge in [-0.1, -0.05) is 11.6 Å². The number of hydrogen-bond acceptors (Lipinski definition) is 8. The number of hydrogen-bond donors (Lipinski definition) is 2. The van der Waals surface area contributed by atoms with E-state index >= 15 is 0 Å². The van der Waals surface area contributed by atoms with Gasteiger partial charge in [0.2, 0.25) is 0 Å². The number of carbonyl (C=O) groups is 2. The molecule has 2 amide bonds. The van der Waals surface area contributed by atoms with Gasteiger partial charge in [-0.2, -0.15) is 0 Å². The lowest BCUT2D eigenvalue weighted by Crippen LogP contribution is -2.50. The Labute approximate surface area is 258 Å². The maximum atomic E-state index is 14.8. The summed E-state index contributed by atoms with van der Waals surface area (Å²) in [5.41, 5.74) is 1.44. The number of carbonyl (C=O) groups excluding carboxylic acids is 2. The van der Waals surface area contributed by atoms with E-state index in [2.05, 4.69) is 4.90 Å². The van der Waals surface area contributed by atoms with E-state index in [4.69, 9.17) is 26.3 Å². The summed E-state index contributed by atoms with van der Waals surface area (Å²) >= 11 is 5.82. The standard InChI is InChI=1S/C26H34ClF2N5O7S2/c1-3-40-26(36)33-11-9-32(10-12-33)14-15-42(38)31(2)8-13-34(18-24(35)30-37)43(39)21-16-22(28)25(23(29)17-21)41-20-6-4-19(27)5-7-20/h4-7,16-17,37H,3,8-15,18H2,1-2H3,(H,30,35). The van der Waals surface area contributed by atoms with E-state index in [0.29, 0.717) is 50.1 Å². The summed E-state index contributed by atoms with van der Waals surface area (Å²) in [6.45, 7) is 4.21. The van der Waals surface area contributed by atoms with E-state index in [1.54, 1.807) is 18.9 Å². The number of ether oxygens (including phenoxy) is 2. The maximum Gasteiger partial charge on any atom is 0.409 e. The lowest BCUT2D eigenvalue weighted by atomic mass is 10.3. The van der Waals surface area contributed by atoms with Gasteiger partial charge in [0.25, 0.3) is 5.91 Å². The van der Waals surface area contributed by atoms with Crippen molar-refractivity contribution >= 4 is 45.6 Å². The van der Waals surface area contributed by atoms with Crippen LogP contribution >= 0.6 is 11.6 Å². The minimum Gasteiger partial charge on any atom is -0.451 e. The molecule has 1 saturated heterocycles. The van der Waals surface area contributed by atoms with Crippen LogP contribution in [0.2, 0.25) is 5.02 Å². The maximum absolute atomic E-state index is 14.8. The van der Waals surface area contributed by atoms with Crippen LogP contribution in [-0.4, -0.2) is 116 Å². The first kappa shape index (κ1) is 34.8. The first-order valence-electron chi connectivity index (χ1n) is 13.3. The molecule has 17 heteroatoms. The largest absolute Gasteiger partial charge is 0.451 e. The molecule has 0 saturated carbocycles. The number of amides is 2. The van der Waals surface area contributed by atoms with E-state index in [0.717, 1.165) is 16.4 Å². The molecule has 2 atom stereocenters. The van der Waals surface area contributed by atoms with Crippen molar-refractivity contribution in [3.05, 3.63) is 53.1 Å². The Balaban J connectivity index is 1.58. The predicted molar refractivity (Wildman–Crippen MR) is 156 cm³/mol. The second-order valence-corrected chi connectivity index (χ2v) is 12.9. The van der Waals surface area contributed by atoms with Crippen molar-refractivity contribution in [3.63, 3.8) is 0 Å². The molecule has 1 heterocycles. The fraction of sp³-hybridized carbons (Fsp3) is 0.462. The number of nitrogens with zero attached hydrogens (tertiary/aromatic N) is 4. The lowest BCUT2D eigenvalue weighted by Gasteiger charge is -2.34. The van der Waals surface area contributed by atoms with E-state index < -0.39 is 51.8 Å². The fourth-order valence-electron chi connectivity index (χ4n) is 4.01. The van der Waals surface area contributed by atoms with Crippen molar-refractivity contribution in [2.24, 2.45) is 0 Å². The second kappa shape index (κ2) is 16.9. The van der Waals surface area contributed by atoms with Crippen LogP contribution < -0.4 is 10.2 Å². The molecule has 2 unspecified atom stereocenters. The van der Waals surface area contributed by atoms with Gasteiger partial charge in [-0.15, -0.1) is 0 Å². The number of benzene rings is 2. The van der Waals surface area contributed by atoms with Crippen LogP contribution in [0.3, 0.4) is 0 Å². The zero-order valence-corrected chi connectivity index (χ0v) is 26.1. The average Bonchev–Trinajstić information content (AvgIpc) is 3.00. The van der Waals surface area contributed by atoms with E-state index in [-0.39, 0.29) is 29.8 Å². The van der Waals surface area contributed by atoms with Crippen molar-refractivity contribution in [2.45, 2.75) is 11.8 Å². The van der Waals surface area contributed by atoms with Crippen molar-refractivity contribution < 1.29 is 41.5 Å². The summed E-state index contributed by atoms with van der Waals surface area (Å²) < 4.78 is 68.7. The number of likely N-dealkylation sites (N-methyl/N-ethyl adjacent to an activating group) is 1. The third-order valence-corrected chi connectivity index (χ3v) is 9.46. The van der Waals surface area contributed by atoms with Gasteiger partial charge in [-0.25, -0.2) is 36.1 Å². The fourth-order valence-corrected chi connectivity index (χ4v) is 6.33. The zero-order valence-electron chi connectivity index (χ0n) is 23.7. The SMILES string of the molecule is CCOC(=O)N1CCN(CCS(=O)N(C)CCN(CC(=O)NO)S(=O)c2cc(F)c(Oc3ccc(Cl)cc3)c(F)c2)CC1. The highest BCUT2D eigenvalue weighted by atomic mass is 35.5. The molecule has 1 fully saturated rings. The molecule has 2 N–H and O–H groups in total. The molecule has 43 heavy (non-hydrogen) atoms. The molecule has 0 aliphatic carbocycles. The van der Waals surface area contributed by atoms with Crippen LogP contribution in [-0.2, 0) is 31.5 Å². The molecule has 1 aliphatic heterocycles. The molecule has 0 aromatic heterocycles. The summed E-state index contributed by atoms with van der Waals surface area (Å²) in [6.07, 6.45) is -0.352. The van der Waals surface area contributed by atoms with Crippen molar-refractivity contribution in [2.75, 3.05) is 71.8 Å². The molecular formula is C26H34ClF2N5O7S2. The first-order chi connectivity index (χ1) is 20.5. The molecular weight excluding hydrogens is 632 g/mol. The van der Waals surface area contributed by atoms with E-state index in [1.165, 1.54) is 34.1 Å². The van der Waals surface area contributed by atoms with Gasteiger partial charge in [0, 0.05) is 50.8 Å². The van der Waals surface area contributed by atoms with Gasteiger partial charge in [-0.3, -0.25) is 14.9 Å². The highest BCUT2D eigenvalue weighted by Crippen LogP contribution is 2.30. The Morgan fingerprint density at radius 2 is 1.70 bits per heavy atom. The minimum atomic E-state index is -2.24. The van der Waals surface area contributed by atoms with Gasteiger partial charge in [0.1, 0.15) is 16.7 Å². The Bertz CT molecular complexity index is 1280. The number of halogens is 3. The number of rotatable bonds is 14. The van der Waals surface area contributed by atoms with Crippen LogP contribution in [0, 0.1) is 11.6 Å². The molecule has 2 aromatic rings. The summed E-state index contributed by atoms with van der Waals surface area (Å²) in [5.74, 6) is -3.42. The zero-order chi connectivity index (χ0) is 31.5. The van der Waals surface area contributed by atoms with Crippen LogP contribution in [0.15, 0.2) is 41.3 Å². The Hall–Kier alpha value is -2.73. The molecule has 0 spiro atoms. The smallest absolute Gasteiger partial charge is 0.409 e. The topological polar surface area (TPSA) is 132 Å². The third-order valence-electron chi connectivity index (χ3n) is 6.38. The van der Waals surface area contributed by atoms with Crippen LogP contribution in [0.5, 0.6) is 11.5 Å². The van der Waals surface area contributed by atoms with E-state index in [1.807, 2.05) is 0 Å². The van der Waals surface area contributed by atoms with Crippen LogP contribution in [0.1, 0.15) is 6.92 Å². The van der Waals surface area contributed by atoms with Gasteiger partial charge >= 0.3 is 6.09 Å². The van der Waals surface area contributed by atoms with Crippen molar-refractivity contribution in [3.8, 4) is 11.5 Å². The Morgan fingerprint density at radius 1 is 1.07 bits per heavy atom. The Kier molecular flexibility index (Phi) is 13.7. The molecule has 12 nitrogen and oxygen atoms in total. The number of nitrogens with one attached hydrogen (secondary N) is 1. The average molecular weight is 666 g/mol. The normalized spacial score (nSPS) is 15.4.